The van der Waals surface area contributed by atoms with Crippen LogP contribution in [-0.4, -0.2) is 28.9 Å². The van der Waals surface area contributed by atoms with Gasteiger partial charge in [-0.15, -0.1) is 0 Å². The Morgan fingerprint density at radius 2 is 1.65 bits per heavy atom. The molecule has 0 aliphatic rings. The van der Waals surface area contributed by atoms with Gasteiger partial charge in [0.1, 0.15) is 11.9 Å². The van der Waals surface area contributed by atoms with Crippen LogP contribution >= 0.6 is 11.6 Å². The van der Waals surface area contributed by atoms with E-state index in [1.54, 1.807) is 30.3 Å². The first-order valence-corrected chi connectivity index (χ1v) is 10.4. The molecule has 0 aliphatic heterocycles. The molecule has 3 N–H and O–H groups in total. The van der Waals surface area contributed by atoms with Gasteiger partial charge in [-0.05, 0) is 48.0 Å². The van der Waals surface area contributed by atoms with Crippen LogP contribution in [0.5, 0.6) is 0 Å². The Hall–Kier alpha value is -4.04. The van der Waals surface area contributed by atoms with Crippen molar-refractivity contribution in [2.75, 3.05) is 5.32 Å². The summed E-state index contributed by atoms with van der Waals surface area (Å²) in [6.07, 6.45) is 1.98. The number of anilines is 1. The molecule has 2 amide bonds. The number of benzene rings is 3. The van der Waals surface area contributed by atoms with Crippen molar-refractivity contribution in [1.29, 1.82) is 0 Å². The van der Waals surface area contributed by atoms with Crippen molar-refractivity contribution in [1.82, 2.24) is 5.32 Å². The summed E-state index contributed by atoms with van der Waals surface area (Å²) in [6.45, 7) is 0. The molecule has 1 unspecified atom stereocenters. The summed E-state index contributed by atoms with van der Waals surface area (Å²) in [7, 11) is 0. The Labute approximate surface area is 198 Å². The van der Waals surface area contributed by atoms with E-state index in [2.05, 4.69) is 10.6 Å². The molecule has 3 aromatic rings. The molecule has 0 spiro atoms. The Morgan fingerprint density at radius 1 is 0.971 bits per heavy atom. The van der Waals surface area contributed by atoms with Gasteiger partial charge in [-0.25, -0.2) is 13.6 Å². The van der Waals surface area contributed by atoms with E-state index in [0.29, 0.717) is 5.69 Å². The number of hydrogen-bond donors (Lipinski definition) is 3. The van der Waals surface area contributed by atoms with E-state index >= 15 is 0 Å². The van der Waals surface area contributed by atoms with Crippen molar-refractivity contribution in [3.63, 3.8) is 0 Å². The molecular weight excluding hydrogens is 466 g/mol. The minimum absolute atomic E-state index is 0.0535. The van der Waals surface area contributed by atoms with Gasteiger partial charge in [0.15, 0.2) is 5.82 Å². The van der Waals surface area contributed by atoms with E-state index in [0.717, 1.165) is 29.8 Å². The highest BCUT2D eigenvalue weighted by molar-refractivity contribution is 6.30. The summed E-state index contributed by atoms with van der Waals surface area (Å²) in [5.41, 5.74) is 0.670. The van der Waals surface area contributed by atoms with Gasteiger partial charge in [-0.1, -0.05) is 41.9 Å². The maximum atomic E-state index is 14.1. The number of aromatic carboxylic acids is 1. The van der Waals surface area contributed by atoms with E-state index in [9.17, 15) is 23.2 Å². The van der Waals surface area contributed by atoms with Crippen molar-refractivity contribution < 1.29 is 28.3 Å². The van der Waals surface area contributed by atoms with Gasteiger partial charge in [0, 0.05) is 23.7 Å². The molecule has 0 fully saturated rings. The molecule has 3 aromatic carbocycles. The number of carboxylic acids is 1. The molecule has 174 valence electrons. The molecule has 1 atom stereocenters. The molecule has 0 radical (unpaired) electrons. The molecule has 0 bridgehead atoms. The fourth-order valence-electron chi connectivity index (χ4n) is 3.06. The molecule has 0 aromatic heterocycles. The fraction of sp³-hybridized carbons (Fsp3) is 0.0800. The Balaban J connectivity index is 1.77. The predicted octanol–water partition coefficient (Wildman–Crippen LogP) is 4.70. The largest absolute Gasteiger partial charge is 0.478 e. The second-order valence-electron chi connectivity index (χ2n) is 7.21. The number of nitrogens with one attached hydrogen (secondary N) is 2. The van der Waals surface area contributed by atoms with E-state index in [4.69, 9.17) is 16.7 Å². The third kappa shape index (κ3) is 6.49. The first-order chi connectivity index (χ1) is 16.2. The third-order valence-electron chi connectivity index (χ3n) is 4.80. The lowest BCUT2D eigenvalue weighted by Crippen LogP contribution is -2.44. The number of amides is 2. The van der Waals surface area contributed by atoms with Crippen LogP contribution in [0.3, 0.4) is 0 Å². The van der Waals surface area contributed by atoms with Crippen molar-refractivity contribution >= 4 is 41.1 Å². The van der Waals surface area contributed by atoms with E-state index in [1.807, 2.05) is 0 Å². The highest BCUT2D eigenvalue weighted by Crippen LogP contribution is 2.22. The first kappa shape index (κ1) is 24.6. The number of carboxylic acid groups (broad SMARTS) is 1. The van der Waals surface area contributed by atoms with Crippen LogP contribution in [0.4, 0.5) is 14.5 Å². The molecule has 3 rings (SSSR count). The van der Waals surface area contributed by atoms with E-state index in [1.165, 1.54) is 24.3 Å². The standard InChI is InChI=1S/C25H19ClF2N2O4/c26-19-11-12-20(27)18(23(19)28)10-13-22(31)30-21(14-15-4-2-1-3-5-15)24(32)29-17-8-6-16(7-9-17)25(33)34/h1-13,21H,14H2,(H,29,32)(H,30,31)(H,33,34)/b13-10+. The summed E-state index contributed by atoms with van der Waals surface area (Å²) < 4.78 is 28.0. The van der Waals surface area contributed by atoms with Gasteiger partial charge in [0.05, 0.1) is 10.6 Å². The van der Waals surface area contributed by atoms with Crippen LogP contribution in [0.15, 0.2) is 72.8 Å². The summed E-state index contributed by atoms with van der Waals surface area (Å²) in [6, 6.07) is 15.4. The first-order valence-electron chi connectivity index (χ1n) is 10.0. The predicted molar refractivity (Wildman–Crippen MR) is 125 cm³/mol. The maximum Gasteiger partial charge on any atom is 0.335 e. The normalized spacial score (nSPS) is 11.7. The molecule has 0 heterocycles. The lowest BCUT2D eigenvalue weighted by Gasteiger charge is -2.18. The zero-order valence-corrected chi connectivity index (χ0v) is 18.4. The van der Waals surface area contributed by atoms with Crippen molar-refractivity contribution in [2.24, 2.45) is 0 Å². The Kier molecular flexibility index (Phi) is 8.10. The zero-order valence-electron chi connectivity index (χ0n) is 17.6. The summed E-state index contributed by atoms with van der Waals surface area (Å²) in [4.78, 5) is 36.4. The molecule has 9 heteroatoms. The SMILES string of the molecule is O=C(/C=C/c1c(F)ccc(Cl)c1F)NC(Cc1ccccc1)C(=O)Nc1ccc(C(=O)O)cc1. The van der Waals surface area contributed by atoms with Crippen LogP contribution in [0.25, 0.3) is 6.08 Å². The van der Waals surface area contributed by atoms with Gasteiger partial charge in [0.2, 0.25) is 11.8 Å². The topological polar surface area (TPSA) is 95.5 Å². The molecular formula is C25H19ClF2N2O4. The van der Waals surface area contributed by atoms with Crippen LogP contribution in [0.1, 0.15) is 21.5 Å². The van der Waals surface area contributed by atoms with Gasteiger partial charge < -0.3 is 15.7 Å². The summed E-state index contributed by atoms with van der Waals surface area (Å²) in [5, 5.41) is 13.9. The minimum Gasteiger partial charge on any atom is -0.478 e. The van der Waals surface area contributed by atoms with E-state index < -0.39 is 41.0 Å². The van der Waals surface area contributed by atoms with Crippen LogP contribution in [0, 0.1) is 11.6 Å². The van der Waals surface area contributed by atoms with Crippen molar-refractivity contribution in [2.45, 2.75) is 12.5 Å². The van der Waals surface area contributed by atoms with Gasteiger partial charge >= 0.3 is 5.97 Å². The zero-order chi connectivity index (χ0) is 24.7. The lowest BCUT2D eigenvalue weighted by atomic mass is 10.0. The monoisotopic (exact) mass is 484 g/mol. The van der Waals surface area contributed by atoms with Crippen LogP contribution < -0.4 is 10.6 Å². The highest BCUT2D eigenvalue weighted by atomic mass is 35.5. The highest BCUT2D eigenvalue weighted by Gasteiger charge is 2.21. The minimum atomic E-state index is -1.11. The third-order valence-corrected chi connectivity index (χ3v) is 5.09. The average Bonchev–Trinajstić information content (AvgIpc) is 2.82. The van der Waals surface area contributed by atoms with E-state index in [-0.39, 0.29) is 17.0 Å². The smallest absolute Gasteiger partial charge is 0.335 e. The molecule has 0 saturated heterocycles. The van der Waals surface area contributed by atoms with Crippen LogP contribution in [-0.2, 0) is 16.0 Å². The van der Waals surface area contributed by atoms with Gasteiger partial charge in [-0.3, -0.25) is 9.59 Å². The molecule has 0 aliphatic carbocycles. The number of carbonyl (C=O) groups excluding carboxylic acids is 2. The second kappa shape index (κ2) is 11.2. The number of halogens is 3. The van der Waals surface area contributed by atoms with Crippen LogP contribution in [0.2, 0.25) is 5.02 Å². The molecule has 6 nitrogen and oxygen atoms in total. The fourth-order valence-corrected chi connectivity index (χ4v) is 3.22. The van der Waals surface area contributed by atoms with Crippen molar-refractivity contribution in [3.8, 4) is 0 Å². The quantitative estimate of drug-likeness (QED) is 0.319. The van der Waals surface area contributed by atoms with Crippen molar-refractivity contribution in [3.05, 3.63) is 106 Å². The Bertz CT molecular complexity index is 1230. The van der Waals surface area contributed by atoms with Gasteiger partial charge in [0.25, 0.3) is 0 Å². The number of hydrogen-bond acceptors (Lipinski definition) is 3. The number of carbonyl (C=O) groups is 3. The molecule has 0 saturated carbocycles. The summed E-state index contributed by atoms with van der Waals surface area (Å²) >= 11 is 5.66. The Morgan fingerprint density at radius 3 is 2.29 bits per heavy atom. The maximum absolute atomic E-state index is 14.1. The average molecular weight is 485 g/mol. The number of rotatable bonds is 8. The van der Waals surface area contributed by atoms with Gasteiger partial charge in [-0.2, -0.15) is 0 Å². The summed E-state index contributed by atoms with van der Waals surface area (Å²) in [5.74, 6) is -4.32. The molecule has 34 heavy (non-hydrogen) atoms. The second-order valence-corrected chi connectivity index (χ2v) is 7.62. The lowest BCUT2D eigenvalue weighted by molar-refractivity contribution is -0.123.